The van der Waals surface area contributed by atoms with Crippen LogP contribution in [0.2, 0.25) is 0 Å². The van der Waals surface area contributed by atoms with Crippen molar-refractivity contribution in [1.29, 1.82) is 0 Å². The predicted molar refractivity (Wildman–Crippen MR) is 89.8 cm³/mol. The Hall–Kier alpha value is -0.320. The molecule has 0 saturated carbocycles. The maximum atomic E-state index is 5.74. The van der Waals surface area contributed by atoms with Gasteiger partial charge in [-0.1, -0.05) is 38.8 Å². The molecule has 1 unspecified atom stereocenters. The summed E-state index contributed by atoms with van der Waals surface area (Å²) in [5.74, 6) is 0.947. The molecule has 1 atom stereocenters. The largest absolute Gasteiger partial charge is 0.494 e. The van der Waals surface area contributed by atoms with Crippen molar-refractivity contribution >= 4 is 43.2 Å². The zero-order valence-electron chi connectivity index (χ0n) is 11.0. The van der Waals surface area contributed by atoms with Crippen LogP contribution >= 0.6 is 43.2 Å². The Morgan fingerprint density at radius 1 is 1.26 bits per heavy atom. The standard InChI is InChI=1S/C15H16Br2OS/c1-3-10-7-8-19-15(10)14(17)12-9-11(16)5-6-13(12)18-4-2/h5-9,14H,3-4H2,1-2H3. The summed E-state index contributed by atoms with van der Waals surface area (Å²) in [5, 5.41) is 2.15. The summed E-state index contributed by atoms with van der Waals surface area (Å²) in [5.41, 5.74) is 2.57. The normalized spacial score (nSPS) is 12.4. The first-order chi connectivity index (χ1) is 9.17. The molecule has 1 aromatic carbocycles. The van der Waals surface area contributed by atoms with E-state index in [1.807, 2.05) is 19.1 Å². The maximum Gasteiger partial charge on any atom is 0.124 e. The van der Waals surface area contributed by atoms with Gasteiger partial charge in [-0.15, -0.1) is 11.3 Å². The molecule has 0 aliphatic heterocycles. The van der Waals surface area contributed by atoms with E-state index in [9.17, 15) is 0 Å². The van der Waals surface area contributed by atoms with Gasteiger partial charge >= 0.3 is 0 Å². The number of hydrogen-bond donors (Lipinski definition) is 0. The quantitative estimate of drug-likeness (QED) is 0.560. The van der Waals surface area contributed by atoms with E-state index in [4.69, 9.17) is 4.74 Å². The fraction of sp³-hybridized carbons (Fsp3) is 0.333. The summed E-state index contributed by atoms with van der Waals surface area (Å²) in [6.07, 6.45) is 1.05. The number of alkyl halides is 1. The van der Waals surface area contributed by atoms with Crippen molar-refractivity contribution in [3.8, 4) is 5.75 Å². The molecule has 0 bridgehead atoms. The third-order valence-corrected chi connectivity index (χ3v) is 5.71. The van der Waals surface area contributed by atoms with Crippen LogP contribution in [0.5, 0.6) is 5.75 Å². The summed E-state index contributed by atoms with van der Waals surface area (Å²) in [6, 6.07) is 8.37. The number of benzene rings is 1. The lowest BCUT2D eigenvalue weighted by Crippen LogP contribution is -2.00. The predicted octanol–water partition coefficient (Wildman–Crippen LogP) is 5.96. The van der Waals surface area contributed by atoms with Crippen LogP contribution in [0.3, 0.4) is 0 Å². The number of thiophene rings is 1. The highest BCUT2D eigenvalue weighted by Gasteiger charge is 2.19. The molecule has 4 heteroatoms. The molecular formula is C15H16Br2OS. The molecule has 1 nitrogen and oxygen atoms in total. The van der Waals surface area contributed by atoms with E-state index in [1.165, 1.54) is 16.0 Å². The maximum absolute atomic E-state index is 5.74. The second-order valence-electron chi connectivity index (χ2n) is 4.14. The molecular weight excluding hydrogens is 388 g/mol. The van der Waals surface area contributed by atoms with Gasteiger partial charge in [0.05, 0.1) is 11.4 Å². The van der Waals surface area contributed by atoms with E-state index >= 15 is 0 Å². The molecule has 0 fully saturated rings. The minimum atomic E-state index is 0.182. The first-order valence-electron chi connectivity index (χ1n) is 6.29. The lowest BCUT2D eigenvalue weighted by atomic mass is 10.1. The van der Waals surface area contributed by atoms with Crippen molar-refractivity contribution in [3.63, 3.8) is 0 Å². The fourth-order valence-electron chi connectivity index (χ4n) is 2.01. The van der Waals surface area contributed by atoms with Gasteiger partial charge in [-0.25, -0.2) is 0 Å². The van der Waals surface area contributed by atoms with Gasteiger partial charge in [0.25, 0.3) is 0 Å². The Morgan fingerprint density at radius 3 is 2.74 bits per heavy atom. The second kappa shape index (κ2) is 6.91. The van der Waals surface area contributed by atoms with Crippen LogP contribution in [-0.2, 0) is 6.42 Å². The van der Waals surface area contributed by atoms with Gasteiger partial charge in [0.2, 0.25) is 0 Å². The molecule has 0 aliphatic rings. The minimum absolute atomic E-state index is 0.182. The number of aryl methyl sites for hydroxylation is 1. The average molecular weight is 404 g/mol. The third-order valence-electron chi connectivity index (χ3n) is 2.94. The molecule has 0 N–H and O–H groups in total. The van der Waals surface area contributed by atoms with Crippen molar-refractivity contribution in [2.24, 2.45) is 0 Å². The molecule has 19 heavy (non-hydrogen) atoms. The molecule has 0 saturated heterocycles. The SMILES string of the molecule is CCOc1ccc(Br)cc1C(Br)c1sccc1CC. The van der Waals surface area contributed by atoms with Crippen LogP contribution in [-0.4, -0.2) is 6.61 Å². The number of rotatable bonds is 5. The van der Waals surface area contributed by atoms with E-state index in [1.54, 1.807) is 11.3 Å². The summed E-state index contributed by atoms with van der Waals surface area (Å²) >= 11 is 9.16. The lowest BCUT2D eigenvalue weighted by molar-refractivity contribution is 0.337. The van der Waals surface area contributed by atoms with Gasteiger partial charge in [-0.2, -0.15) is 0 Å². The van der Waals surface area contributed by atoms with Crippen LogP contribution in [0.1, 0.15) is 34.7 Å². The lowest BCUT2D eigenvalue weighted by Gasteiger charge is -2.16. The molecule has 0 amide bonds. The zero-order chi connectivity index (χ0) is 13.8. The molecule has 0 aliphatic carbocycles. The summed E-state index contributed by atoms with van der Waals surface area (Å²) < 4.78 is 6.81. The van der Waals surface area contributed by atoms with E-state index in [0.29, 0.717) is 6.61 Å². The van der Waals surface area contributed by atoms with Gasteiger partial charge in [-0.3, -0.25) is 0 Å². The topological polar surface area (TPSA) is 9.23 Å². The van der Waals surface area contributed by atoms with Crippen molar-refractivity contribution in [1.82, 2.24) is 0 Å². The molecule has 2 rings (SSSR count). The van der Waals surface area contributed by atoms with Crippen LogP contribution in [0, 0.1) is 0 Å². The molecule has 0 radical (unpaired) electrons. The van der Waals surface area contributed by atoms with E-state index in [2.05, 4.69) is 56.3 Å². The fourth-order valence-corrected chi connectivity index (χ4v) is 4.35. The summed E-state index contributed by atoms with van der Waals surface area (Å²) in [7, 11) is 0. The molecule has 1 heterocycles. The Balaban J connectivity index is 2.42. The molecule has 102 valence electrons. The second-order valence-corrected chi connectivity index (χ2v) is 6.92. The highest BCUT2D eigenvalue weighted by atomic mass is 79.9. The van der Waals surface area contributed by atoms with Crippen molar-refractivity contribution in [2.75, 3.05) is 6.61 Å². The smallest absolute Gasteiger partial charge is 0.124 e. The van der Waals surface area contributed by atoms with E-state index < -0.39 is 0 Å². The van der Waals surface area contributed by atoms with Crippen LogP contribution in [0.25, 0.3) is 0 Å². The number of ether oxygens (including phenoxy) is 1. The Morgan fingerprint density at radius 2 is 2.05 bits per heavy atom. The minimum Gasteiger partial charge on any atom is -0.494 e. The molecule has 1 aromatic heterocycles. The number of hydrogen-bond acceptors (Lipinski definition) is 2. The van der Waals surface area contributed by atoms with Gasteiger partial charge < -0.3 is 4.74 Å². The highest BCUT2D eigenvalue weighted by Crippen LogP contribution is 2.41. The monoisotopic (exact) mass is 402 g/mol. The Labute approximate surface area is 135 Å². The zero-order valence-corrected chi connectivity index (χ0v) is 14.9. The van der Waals surface area contributed by atoms with Crippen molar-refractivity contribution < 1.29 is 4.74 Å². The average Bonchev–Trinajstić information content (AvgIpc) is 2.88. The summed E-state index contributed by atoms with van der Waals surface area (Å²) in [6.45, 7) is 4.88. The van der Waals surface area contributed by atoms with E-state index in [0.717, 1.165) is 16.6 Å². The van der Waals surface area contributed by atoms with Crippen molar-refractivity contribution in [2.45, 2.75) is 25.1 Å². The number of halogens is 2. The van der Waals surface area contributed by atoms with Gasteiger partial charge in [0.1, 0.15) is 5.75 Å². The highest BCUT2D eigenvalue weighted by molar-refractivity contribution is 9.10. The van der Waals surface area contributed by atoms with Gasteiger partial charge in [0.15, 0.2) is 0 Å². The van der Waals surface area contributed by atoms with Crippen LogP contribution < -0.4 is 4.74 Å². The van der Waals surface area contributed by atoms with Crippen LogP contribution in [0.4, 0.5) is 0 Å². The first-order valence-corrected chi connectivity index (χ1v) is 8.88. The van der Waals surface area contributed by atoms with Crippen molar-refractivity contribution in [3.05, 3.63) is 50.1 Å². The Bertz CT molecular complexity index is 551. The van der Waals surface area contributed by atoms with Crippen LogP contribution in [0.15, 0.2) is 34.1 Å². The van der Waals surface area contributed by atoms with Gasteiger partial charge in [-0.05, 0) is 48.6 Å². The molecule has 0 spiro atoms. The summed E-state index contributed by atoms with van der Waals surface area (Å²) in [4.78, 5) is 1.54. The third kappa shape index (κ3) is 3.41. The first kappa shape index (κ1) is 15.1. The van der Waals surface area contributed by atoms with E-state index in [-0.39, 0.29) is 4.83 Å². The molecule has 2 aromatic rings. The Kier molecular flexibility index (Phi) is 5.48. The van der Waals surface area contributed by atoms with Gasteiger partial charge in [0, 0.05) is 14.9 Å².